The molecule has 202 valence electrons. The van der Waals surface area contributed by atoms with Crippen molar-refractivity contribution in [3.8, 4) is 11.4 Å². The Labute approximate surface area is 231 Å². The van der Waals surface area contributed by atoms with Crippen molar-refractivity contribution in [2.45, 2.75) is 13.3 Å². The molecule has 3 aromatic carbocycles. The molecule has 0 radical (unpaired) electrons. The van der Waals surface area contributed by atoms with Crippen molar-refractivity contribution < 1.29 is 13.9 Å². The molecule has 1 amide bonds. The van der Waals surface area contributed by atoms with E-state index in [1.54, 1.807) is 48.2 Å². The number of carbonyl (C=O) groups is 1. The molecular formula is C31H29FN6O2. The van der Waals surface area contributed by atoms with Crippen molar-refractivity contribution in [1.82, 2.24) is 24.6 Å². The van der Waals surface area contributed by atoms with Crippen molar-refractivity contribution in [2.75, 3.05) is 38.2 Å². The topological polar surface area (TPSA) is 76.4 Å². The lowest BCUT2D eigenvalue weighted by Gasteiger charge is -2.36. The second-order valence-electron chi connectivity index (χ2n) is 9.81. The van der Waals surface area contributed by atoms with E-state index in [2.05, 4.69) is 17.0 Å². The van der Waals surface area contributed by atoms with Crippen LogP contribution in [0.3, 0.4) is 0 Å². The Balaban J connectivity index is 1.33. The standard InChI is InChI=1S/C31H29FN6O2/c1-21-28-29(36-16-18-37(19-17-36)31(39)23-8-14-26(40-2)15-9-23)33-27(20-22-6-4-3-5-7-22)34-30(28)38(35-21)25-12-10-24(32)11-13-25/h3-15H,16-20H2,1-2H3. The van der Waals surface area contributed by atoms with Gasteiger partial charge in [0.15, 0.2) is 5.65 Å². The summed E-state index contributed by atoms with van der Waals surface area (Å²) in [5.74, 6) is 1.89. The maximum absolute atomic E-state index is 13.7. The van der Waals surface area contributed by atoms with E-state index in [9.17, 15) is 9.18 Å². The van der Waals surface area contributed by atoms with Gasteiger partial charge in [0.05, 0.1) is 23.9 Å². The van der Waals surface area contributed by atoms with E-state index in [1.807, 2.05) is 30.0 Å². The molecule has 3 heterocycles. The average Bonchev–Trinajstić information content (AvgIpc) is 3.33. The first-order valence-electron chi connectivity index (χ1n) is 13.2. The Morgan fingerprint density at radius 2 is 1.60 bits per heavy atom. The number of amides is 1. The molecule has 0 bridgehead atoms. The number of carbonyl (C=O) groups excluding carboxylic acids is 1. The van der Waals surface area contributed by atoms with Gasteiger partial charge in [-0.3, -0.25) is 4.79 Å². The minimum atomic E-state index is -0.306. The molecule has 40 heavy (non-hydrogen) atoms. The number of rotatable bonds is 6. The Kier molecular flexibility index (Phi) is 6.86. The lowest BCUT2D eigenvalue weighted by molar-refractivity contribution is 0.0746. The van der Waals surface area contributed by atoms with Gasteiger partial charge in [0.1, 0.15) is 23.2 Å². The molecule has 0 N–H and O–H groups in total. The van der Waals surface area contributed by atoms with E-state index in [0.717, 1.165) is 33.9 Å². The third kappa shape index (κ3) is 4.98. The molecule has 0 saturated carbocycles. The predicted molar refractivity (Wildman–Crippen MR) is 152 cm³/mol. The lowest BCUT2D eigenvalue weighted by atomic mass is 10.1. The number of nitrogens with zero attached hydrogens (tertiary/aromatic N) is 6. The summed E-state index contributed by atoms with van der Waals surface area (Å²) in [5, 5.41) is 5.64. The van der Waals surface area contributed by atoms with Gasteiger partial charge >= 0.3 is 0 Å². The molecule has 1 saturated heterocycles. The largest absolute Gasteiger partial charge is 0.497 e. The van der Waals surface area contributed by atoms with E-state index in [0.29, 0.717) is 49.6 Å². The minimum Gasteiger partial charge on any atom is -0.497 e. The van der Waals surface area contributed by atoms with Crippen molar-refractivity contribution in [2.24, 2.45) is 0 Å². The number of halogens is 1. The molecule has 8 nitrogen and oxygen atoms in total. The smallest absolute Gasteiger partial charge is 0.253 e. The van der Waals surface area contributed by atoms with Crippen LogP contribution < -0.4 is 9.64 Å². The number of hydrogen-bond acceptors (Lipinski definition) is 6. The van der Waals surface area contributed by atoms with Crippen molar-refractivity contribution in [3.05, 3.63) is 107 Å². The summed E-state index contributed by atoms with van der Waals surface area (Å²) in [4.78, 5) is 27.2. The Bertz CT molecular complexity index is 1640. The third-order valence-electron chi connectivity index (χ3n) is 7.21. The van der Waals surface area contributed by atoms with Gasteiger partial charge in [-0.25, -0.2) is 19.0 Å². The quantitative estimate of drug-likeness (QED) is 0.310. The summed E-state index contributed by atoms with van der Waals surface area (Å²) in [6, 6.07) is 23.5. The predicted octanol–water partition coefficient (Wildman–Crippen LogP) is 4.82. The molecule has 1 fully saturated rings. The zero-order valence-corrected chi connectivity index (χ0v) is 22.4. The number of hydrogen-bond donors (Lipinski definition) is 0. The monoisotopic (exact) mass is 536 g/mol. The van der Waals surface area contributed by atoms with Crippen LogP contribution in [-0.4, -0.2) is 63.8 Å². The van der Waals surface area contributed by atoms with Crippen LogP contribution in [0, 0.1) is 12.7 Å². The van der Waals surface area contributed by atoms with Crippen molar-refractivity contribution in [1.29, 1.82) is 0 Å². The molecule has 0 spiro atoms. The molecule has 1 aliphatic rings. The van der Waals surface area contributed by atoms with Gasteiger partial charge in [-0.2, -0.15) is 5.10 Å². The Morgan fingerprint density at radius 1 is 0.900 bits per heavy atom. The molecule has 0 atom stereocenters. The number of piperazine rings is 1. The second kappa shape index (κ2) is 10.8. The SMILES string of the molecule is COc1ccc(C(=O)N2CCN(c3nc(Cc4ccccc4)nc4c3c(C)nn4-c3ccc(F)cc3)CC2)cc1. The number of fused-ring (bicyclic) bond motifs is 1. The maximum Gasteiger partial charge on any atom is 0.253 e. The highest BCUT2D eigenvalue weighted by atomic mass is 19.1. The number of ether oxygens (including phenoxy) is 1. The van der Waals surface area contributed by atoms with Gasteiger partial charge in [0.25, 0.3) is 5.91 Å². The first-order chi connectivity index (χ1) is 19.5. The number of methoxy groups -OCH3 is 1. The van der Waals surface area contributed by atoms with Gasteiger partial charge in [0.2, 0.25) is 0 Å². The van der Waals surface area contributed by atoms with Crippen molar-refractivity contribution in [3.63, 3.8) is 0 Å². The normalized spacial score (nSPS) is 13.6. The molecule has 0 unspecified atom stereocenters. The fourth-order valence-corrected chi connectivity index (χ4v) is 5.09. The molecule has 1 aliphatic heterocycles. The van der Waals surface area contributed by atoms with E-state index in [1.165, 1.54) is 12.1 Å². The van der Waals surface area contributed by atoms with Crippen LogP contribution in [0.25, 0.3) is 16.7 Å². The molecule has 0 aliphatic carbocycles. The number of aromatic nitrogens is 4. The zero-order chi connectivity index (χ0) is 27.6. The van der Waals surface area contributed by atoms with Crippen LogP contribution in [0.1, 0.15) is 27.4 Å². The maximum atomic E-state index is 13.7. The van der Waals surface area contributed by atoms with Gasteiger partial charge in [-0.05, 0) is 61.0 Å². The molecule has 2 aromatic heterocycles. The first-order valence-corrected chi connectivity index (χ1v) is 13.2. The molecule has 6 rings (SSSR count). The van der Waals surface area contributed by atoms with Crippen LogP contribution >= 0.6 is 0 Å². The fourth-order valence-electron chi connectivity index (χ4n) is 5.09. The highest BCUT2D eigenvalue weighted by Gasteiger charge is 2.27. The van der Waals surface area contributed by atoms with Gasteiger partial charge in [-0.15, -0.1) is 0 Å². The van der Waals surface area contributed by atoms with E-state index in [-0.39, 0.29) is 11.7 Å². The fraction of sp³-hybridized carbons (Fsp3) is 0.226. The molecule has 5 aromatic rings. The summed E-state index contributed by atoms with van der Waals surface area (Å²) in [7, 11) is 1.61. The van der Waals surface area contributed by atoms with Gasteiger partial charge < -0.3 is 14.5 Å². The van der Waals surface area contributed by atoms with Crippen LogP contribution in [-0.2, 0) is 6.42 Å². The molecule has 9 heteroatoms. The average molecular weight is 537 g/mol. The Hall–Kier alpha value is -4.79. The number of benzene rings is 3. The third-order valence-corrected chi connectivity index (χ3v) is 7.21. The molecular weight excluding hydrogens is 507 g/mol. The summed E-state index contributed by atoms with van der Waals surface area (Å²) < 4.78 is 20.6. The lowest BCUT2D eigenvalue weighted by Crippen LogP contribution is -2.49. The minimum absolute atomic E-state index is 0.000198. The van der Waals surface area contributed by atoms with Crippen molar-refractivity contribution >= 4 is 22.8 Å². The van der Waals surface area contributed by atoms with E-state index < -0.39 is 0 Å². The Morgan fingerprint density at radius 3 is 2.27 bits per heavy atom. The summed E-state index contributed by atoms with van der Waals surface area (Å²) >= 11 is 0. The van der Waals surface area contributed by atoms with Crippen LogP contribution in [0.2, 0.25) is 0 Å². The van der Waals surface area contributed by atoms with E-state index >= 15 is 0 Å². The summed E-state index contributed by atoms with van der Waals surface area (Å²) in [5.41, 5.74) is 3.94. The number of anilines is 1. The van der Waals surface area contributed by atoms with Crippen LogP contribution in [0.5, 0.6) is 5.75 Å². The second-order valence-corrected chi connectivity index (χ2v) is 9.81. The first kappa shape index (κ1) is 25.5. The number of aryl methyl sites for hydroxylation is 1. The highest BCUT2D eigenvalue weighted by Crippen LogP contribution is 2.30. The van der Waals surface area contributed by atoms with E-state index in [4.69, 9.17) is 19.8 Å². The van der Waals surface area contributed by atoms with Gasteiger partial charge in [-0.1, -0.05) is 30.3 Å². The summed E-state index contributed by atoms with van der Waals surface area (Å²) in [6.45, 7) is 4.32. The van der Waals surface area contributed by atoms with Gasteiger partial charge in [0, 0.05) is 38.2 Å². The summed E-state index contributed by atoms with van der Waals surface area (Å²) in [6.07, 6.45) is 0.563. The van der Waals surface area contributed by atoms with Crippen LogP contribution in [0.4, 0.5) is 10.2 Å². The highest BCUT2D eigenvalue weighted by molar-refractivity contribution is 5.95. The zero-order valence-electron chi connectivity index (χ0n) is 22.4. The van der Waals surface area contributed by atoms with Crippen LogP contribution in [0.15, 0.2) is 78.9 Å².